The molecule has 4 aliphatic heterocycles. The van der Waals surface area contributed by atoms with Gasteiger partial charge >= 0.3 is 0 Å². The van der Waals surface area contributed by atoms with Gasteiger partial charge in [0, 0.05) is 172 Å². The fourth-order valence-corrected chi connectivity index (χ4v) is 20.9. The van der Waals surface area contributed by atoms with Gasteiger partial charge in [0.25, 0.3) is 23.6 Å². The molecule has 730 valence electrons. The van der Waals surface area contributed by atoms with Gasteiger partial charge in [-0.15, -0.1) is 0 Å². The number of rotatable bonds is 20. The van der Waals surface area contributed by atoms with E-state index in [0.717, 1.165) is 67.7 Å². The number of piperidine rings is 1. The first-order valence-electron chi connectivity index (χ1n) is 47.0. The van der Waals surface area contributed by atoms with E-state index >= 15 is 17.6 Å². The predicted octanol–water partition coefficient (Wildman–Crippen LogP) is 19.5. The highest BCUT2D eigenvalue weighted by Crippen LogP contribution is 2.52. The average Bonchev–Trinajstić information content (AvgIpc) is 1.60. The van der Waals surface area contributed by atoms with Crippen molar-refractivity contribution in [1.82, 2.24) is 82.0 Å². The van der Waals surface area contributed by atoms with Crippen LogP contribution in [0.2, 0.25) is 20.1 Å². The smallest absolute Gasteiger partial charge is 0.260 e. The zero-order valence-corrected chi connectivity index (χ0v) is 83.6. The first-order valence-corrected chi connectivity index (χ1v) is 48.5. The van der Waals surface area contributed by atoms with E-state index in [0.29, 0.717) is 156 Å². The first-order chi connectivity index (χ1) is 65.0. The summed E-state index contributed by atoms with van der Waals surface area (Å²) in [6.07, 6.45) is 24.6. The summed E-state index contributed by atoms with van der Waals surface area (Å²) in [4.78, 5) is 98.7. The Morgan fingerprint density at radius 2 is 0.577 bits per heavy atom. The molecule has 4 amide bonds. The van der Waals surface area contributed by atoms with Crippen molar-refractivity contribution in [2.45, 2.75) is 229 Å². The molecule has 29 nitrogen and oxygen atoms in total. The molecule has 8 aromatic heterocycles. The lowest BCUT2D eigenvalue weighted by molar-refractivity contribution is -0.0430. The summed E-state index contributed by atoms with van der Waals surface area (Å²) in [5, 5.41) is -0.469. The topological polar surface area (TPSA) is 346 Å². The van der Waals surface area contributed by atoms with Gasteiger partial charge in [-0.3, -0.25) is 36.8 Å². The molecule has 2 saturated carbocycles. The molecule has 6 fully saturated rings. The fourth-order valence-electron chi connectivity index (χ4n) is 20.0. The van der Waals surface area contributed by atoms with Crippen LogP contribution in [-0.2, 0) is 0 Å². The van der Waals surface area contributed by atoms with Crippen molar-refractivity contribution in [2.24, 2.45) is 10.8 Å². The molecule has 12 heterocycles. The van der Waals surface area contributed by atoms with Gasteiger partial charge in [-0.05, 0) is 159 Å². The molecule has 2 spiro atoms. The SMILES string of the molecule is Cc1nc(C(C)c2cc(Cl)c(F)c(C(=O)N3CC4(CCC4)C3)c2OC(C)C)n2ccnc(N)c12.Cc1nc(C(C)c2cc(Cl)c(F)c(C(=O)N3CC4(CCCCC4)C3)c2OC(C)C)n2ccnc(N)c12.Cc1nc(C(C)c2cc(Cl)c(F)c(C(=O)N3CCCCC3)c2OC(C)C)n2ccnc(N)c12.Cc1nc(C(C)c2cc(Cl)c(F)c(C(=O)N3CCN(C)CC3)c2OC(C)C)n2ccnc(N)c12. The third-order valence-electron chi connectivity index (χ3n) is 27.1. The van der Waals surface area contributed by atoms with Gasteiger partial charge in [0.05, 0.1) is 67.3 Å². The Kier molecular flexibility index (Phi) is 29.5. The number of fused-ring (bicyclic) bond motifs is 4. The standard InChI is InChI=1S/C27H33ClFN5O2.C25H29ClFN5O2.C24H30ClFN6O2.C24H29ClFN5O2/c1-15(2)36-23-18(16(3)25-32-17(4)22-24(30)31-10-11-34(22)25)12-19(28)21(29)20(23)26(35)33-13-27(14-33)8-6-5-7-9-27;1-13(2)34-21-16(14(3)23-30-15(4)20-22(28)29-8-9-32(20)23)10-17(26)19(27)18(21)24(33)31-11-25(12-31)6-5-7-25;1-13(2)34-21-16(14(3)23-29-15(4)20-22(27)28-6-7-32(20)23)12-17(25)19(26)18(21)24(33)31-10-8-30(5)9-11-31;1-13(2)33-21-16(14(3)23-29-15(4)20-22(27)28-8-11-31(20)23)12-17(25)19(26)18(21)24(32)30-9-6-5-7-10-30/h10-12,15-16H,5-9,13-14H2,1-4H3,(H2,30,31);8-10,13-14H,5-7,11-12H2,1-4H3,(H2,28,29);6-7,12-14H,8-11H2,1-5H3,(H2,27,28);8,11-14H,5-7,9-10H2,1-4H3,(H2,27,28). The van der Waals surface area contributed by atoms with Gasteiger partial charge in [-0.25, -0.2) is 57.4 Å². The molecule has 4 unspecified atom stereocenters. The van der Waals surface area contributed by atoms with E-state index in [4.69, 9.17) is 108 Å². The van der Waals surface area contributed by atoms with Crippen LogP contribution in [-0.4, -0.2) is 203 Å². The molecular weight excluding hydrogens is 1840 g/mol. The summed E-state index contributed by atoms with van der Waals surface area (Å²) in [6, 6.07) is 6.16. The second kappa shape index (κ2) is 40.5. The minimum absolute atomic E-state index is 0.0949. The number of benzene rings is 4. The summed E-state index contributed by atoms with van der Waals surface area (Å²) in [7, 11) is 1.99. The molecule has 4 atom stereocenters. The number of ether oxygens (including phenoxy) is 4. The number of nitrogen functional groups attached to an aromatic ring is 4. The number of nitrogens with zero attached hydrogens (tertiary/aromatic N) is 17. The van der Waals surface area contributed by atoms with E-state index in [1.165, 1.54) is 37.8 Å². The van der Waals surface area contributed by atoms with Gasteiger partial charge in [0.15, 0.2) is 23.3 Å². The number of likely N-dealkylation sites (N-methyl/N-ethyl adjacent to an activating group) is 1. The van der Waals surface area contributed by atoms with Crippen molar-refractivity contribution < 1.29 is 55.7 Å². The molecule has 37 heteroatoms. The number of halogens is 8. The lowest BCUT2D eigenvalue weighted by Gasteiger charge is -2.56. The van der Waals surface area contributed by atoms with Crippen LogP contribution in [0.1, 0.15) is 287 Å². The van der Waals surface area contributed by atoms with Crippen molar-refractivity contribution in [2.75, 3.05) is 95.4 Å². The van der Waals surface area contributed by atoms with Crippen molar-refractivity contribution in [3.05, 3.63) is 208 Å². The lowest BCUT2D eigenvalue weighted by Crippen LogP contribution is -2.61. The number of likely N-dealkylation sites (tertiary alicyclic amines) is 3. The molecule has 2 aliphatic carbocycles. The third kappa shape index (κ3) is 19.6. The van der Waals surface area contributed by atoms with Gasteiger partial charge in [0.1, 0.15) is 114 Å². The van der Waals surface area contributed by atoms with Gasteiger partial charge in [-0.1, -0.05) is 99.8 Å². The molecule has 4 aromatic carbocycles. The summed E-state index contributed by atoms with van der Waals surface area (Å²) in [5.74, 6) is -1.00. The molecule has 8 N–H and O–H groups in total. The zero-order valence-electron chi connectivity index (χ0n) is 80.6. The minimum Gasteiger partial charge on any atom is -0.490 e. The minimum atomic E-state index is -0.769. The molecule has 137 heavy (non-hydrogen) atoms. The van der Waals surface area contributed by atoms with Crippen molar-refractivity contribution in [3.8, 4) is 23.0 Å². The number of hydrogen-bond acceptors (Lipinski definition) is 21. The van der Waals surface area contributed by atoms with Crippen molar-refractivity contribution in [3.63, 3.8) is 0 Å². The normalized spacial score (nSPS) is 16.7. The lowest BCUT2D eigenvalue weighted by atomic mass is 9.63. The van der Waals surface area contributed by atoms with Crippen LogP contribution in [0.5, 0.6) is 23.0 Å². The summed E-state index contributed by atoms with van der Waals surface area (Å²) in [5.41, 5.74) is 32.5. The highest BCUT2D eigenvalue weighted by molar-refractivity contribution is 6.32. The first kappa shape index (κ1) is 99.9. The quantitative estimate of drug-likeness (QED) is 0.0515. The molecule has 0 radical (unpaired) electrons. The third-order valence-corrected chi connectivity index (χ3v) is 28.2. The maximum absolute atomic E-state index is 15.6. The summed E-state index contributed by atoms with van der Waals surface area (Å²) < 4.78 is 93.7. The molecule has 4 saturated heterocycles. The summed E-state index contributed by atoms with van der Waals surface area (Å²) >= 11 is 25.4. The maximum atomic E-state index is 15.6. The van der Waals surface area contributed by atoms with Gasteiger partial charge in [-0.2, -0.15) is 0 Å². The Hall–Kier alpha value is -11.5. The second-order valence-corrected chi connectivity index (χ2v) is 40.1. The molecule has 6 aliphatic rings. The Balaban J connectivity index is 0.000000139. The van der Waals surface area contributed by atoms with Crippen LogP contribution in [0.15, 0.2) is 73.8 Å². The second-order valence-electron chi connectivity index (χ2n) is 38.4. The molecular formula is C100H121Cl4F4N21O8. The van der Waals surface area contributed by atoms with E-state index in [1.807, 2.05) is 135 Å². The van der Waals surface area contributed by atoms with E-state index < -0.39 is 35.1 Å². The van der Waals surface area contributed by atoms with Gasteiger partial charge < -0.3 is 66.4 Å². The number of aryl methyl sites for hydroxylation is 4. The van der Waals surface area contributed by atoms with Crippen LogP contribution < -0.4 is 41.9 Å². The predicted molar refractivity (Wildman–Crippen MR) is 524 cm³/mol. The monoisotopic (exact) mass is 1960 g/mol. The molecule has 18 rings (SSSR count). The van der Waals surface area contributed by atoms with Crippen molar-refractivity contribution >= 4 is 115 Å². The number of carbonyl (C=O) groups is 4. The number of anilines is 4. The number of carbonyl (C=O) groups excluding carboxylic acids is 4. The van der Waals surface area contributed by atoms with E-state index in [1.54, 1.807) is 81.3 Å². The molecule has 0 bridgehead atoms. The number of nitrogens with two attached hydrogens (primary N) is 4. The van der Waals surface area contributed by atoms with E-state index in [2.05, 4.69) is 24.8 Å². The maximum Gasteiger partial charge on any atom is 0.260 e. The Labute approximate surface area is 814 Å². The number of aromatic nitrogens is 12. The Morgan fingerprint density at radius 3 is 0.818 bits per heavy atom. The number of imidazole rings is 4. The van der Waals surface area contributed by atoms with Gasteiger partial charge in [0.2, 0.25) is 0 Å². The largest absolute Gasteiger partial charge is 0.490 e. The highest BCUT2D eigenvalue weighted by atomic mass is 35.5. The zero-order chi connectivity index (χ0) is 98.7. The van der Waals surface area contributed by atoms with Crippen LogP contribution in [0.25, 0.3) is 22.1 Å². The van der Waals surface area contributed by atoms with Crippen molar-refractivity contribution in [1.29, 1.82) is 0 Å². The summed E-state index contributed by atoms with van der Waals surface area (Å²) in [6.45, 7) is 36.2. The van der Waals surface area contributed by atoms with E-state index in [-0.39, 0.29) is 136 Å². The fraction of sp³-hybridized carbons (Fsp3) is 0.480. The number of amides is 4. The average molecular weight is 1960 g/mol. The number of hydrogen-bond donors (Lipinski definition) is 4. The molecule has 12 aromatic rings. The highest BCUT2D eigenvalue weighted by Gasteiger charge is 2.51. The Bertz CT molecular complexity index is 6620. The van der Waals surface area contributed by atoms with E-state index in [9.17, 15) is 19.2 Å². The Morgan fingerprint density at radius 1 is 0.343 bits per heavy atom. The van der Waals surface area contributed by atoms with Crippen LogP contribution in [0, 0.1) is 61.8 Å². The van der Waals surface area contributed by atoms with Crippen LogP contribution in [0.3, 0.4) is 0 Å². The van der Waals surface area contributed by atoms with Crippen LogP contribution >= 0.6 is 46.4 Å². The number of piperazine rings is 1. The van der Waals surface area contributed by atoms with Crippen LogP contribution in [0.4, 0.5) is 40.8 Å².